The molecule has 0 spiro atoms. The number of aromatic amines is 2. The Kier molecular flexibility index (Phi) is 1.00. The molecule has 0 saturated carbocycles. The van der Waals surface area contributed by atoms with Crippen molar-refractivity contribution in [1.29, 1.82) is 0 Å². The highest BCUT2D eigenvalue weighted by atomic mass is 16.3. The minimum atomic E-state index is -0.609. The third kappa shape index (κ3) is 0.778. The molecule has 0 fully saturated rings. The lowest BCUT2D eigenvalue weighted by molar-refractivity contribution is -0.281. The average Bonchev–Trinajstić information content (AvgIpc) is 2.34. The summed E-state index contributed by atoms with van der Waals surface area (Å²) in [6.45, 7) is 0. The van der Waals surface area contributed by atoms with E-state index in [9.17, 15) is 9.90 Å². The Morgan fingerprint density at radius 2 is 2.36 bits per heavy atom. The standard InChI is InChI=1S/C6H5N3O2/c10-5-4-3(1-2-7-4)8-6(11)9-5/h1-2,7H,(H2,8,9,10,11)/p-1. The summed E-state index contributed by atoms with van der Waals surface area (Å²) in [6, 6.07) is 0.966. The summed E-state index contributed by atoms with van der Waals surface area (Å²) in [4.78, 5) is 19.2. The van der Waals surface area contributed by atoms with Crippen LogP contribution in [-0.4, -0.2) is 15.0 Å². The number of nitrogens with zero attached hydrogens (tertiary/aromatic N) is 1. The van der Waals surface area contributed by atoms with Crippen LogP contribution in [0.5, 0.6) is 6.01 Å². The first-order valence-electron chi connectivity index (χ1n) is 3.02. The van der Waals surface area contributed by atoms with Crippen molar-refractivity contribution >= 4 is 11.0 Å². The number of hydrogen-bond donors (Lipinski definition) is 2. The third-order valence-electron chi connectivity index (χ3n) is 1.39. The molecule has 0 unspecified atom stereocenters. The van der Waals surface area contributed by atoms with Gasteiger partial charge in [-0.1, -0.05) is 0 Å². The Hall–Kier alpha value is -1.78. The van der Waals surface area contributed by atoms with Crippen LogP contribution in [0.2, 0.25) is 0 Å². The molecule has 2 aromatic heterocycles. The number of rotatable bonds is 0. The number of fused-ring (bicyclic) bond motifs is 1. The van der Waals surface area contributed by atoms with E-state index in [1.165, 1.54) is 0 Å². The molecule has 5 nitrogen and oxygen atoms in total. The van der Waals surface area contributed by atoms with Gasteiger partial charge in [0.05, 0.1) is 11.5 Å². The van der Waals surface area contributed by atoms with Crippen LogP contribution in [0.25, 0.3) is 11.0 Å². The minimum Gasteiger partial charge on any atom is -0.846 e. The molecule has 56 valence electrons. The normalized spacial score (nSPS) is 10.5. The van der Waals surface area contributed by atoms with E-state index in [4.69, 9.17) is 0 Å². The highest BCUT2D eigenvalue weighted by molar-refractivity contribution is 5.73. The van der Waals surface area contributed by atoms with Crippen molar-refractivity contribution in [3.8, 4) is 6.01 Å². The Bertz CT molecular complexity index is 442. The summed E-state index contributed by atoms with van der Waals surface area (Å²) in [5, 5.41) is 10.6. The smallest absolute Gasteiger partial charge is 0.274 e. The monoisotopic (exact) mass is 150 g/mol. The molecular weight excluding hydrogens is 146 g/mol. The average molecular weight is 150 g/mol. The predicted molar refractivity (Wildman–Crippen MR) is 36.2 cm³/mol. The Morgan fingerprint density at radius 3 is 3.18 bits per heavy atom. The zero-order valence-electron chi connectivity index (χ0n) is 5.42. The summed E-state index contributed by atoms with van der Waals surface area (Å²) in [5.41, 5.74) is 0.313. The first kappa shape index (κ1) is 5.96. The van der Waals surface area contributed by atoms with E-state index in [0.717, 1.165) is 0 Å². The van der Waals surface area contributed by atoms with Gasteiger partial charge in [-0.05, 0) is 6.07 Å². The maximum atomic E-state index is 10.9. The van der Waals surface area contributed by atoms with Crippen molar-refractivity contribution in [3.63, 3.8) is 0 Å². The van der Waals surface area contributed by atoms with Gasteiger partial charge in [0.15, 0.2) is 0 Å². The molecule has 0 aliphatic rings. The van der Waals surface area contributed by atoms with Crippen LogP contribution in [0.4, 0.5) is 0 Å². The van der Waals surface area contributed by atoms with Crippen molar-refractivity contribution < 1.29 is 5.11 Å². The second-order valence-electron chi connectivity index (χ2n) is 2.11. The molecule has 0 radical (unpaired) electrons. The molecule has 11 heavy (non-hydrogen) atoms. The molecule has 0 aliphatic heterocycles. The fourth-order valence-corrected chi connectivity index (χ4v) is 0.933. The van der Waals surface area contributed by atoms with Crippen molar-refractivity contribution in [1.82, 2.24) is 15.0 Å². The molecule has 5 heteroatoms. The van der Waals surface area contributed by atoms with Gasteiger partial charge in [-0.25, -0.2) is 4.98 Å². The number of aromatic nitrogens is 3. The lowest BCUT2D eigenvalue weighted by Crippen LogP contribution is -2.11. The van der Waals surface area contributed by atoms with Crippen molar-refractivity contribution in [3.05, 3.63) is 22.6 Å². The van der Waals surface area contributed by atoms with E-state index in [1.54, 1.807) is 12.3 Å². The SMILES string of the molecule is O=c1[nH]c([O-])nc2cc[nH]c12. The van der Waals surface area contributed by atoms with Gasteiger partial charge < -0.3 is 15.1 Å². The second kappa shape index (κ2) is 1.85. The third-order valence-corrected chi connectivity index (χ3v) is 1.39. The van der Waals surface area contributed by atoms with Crippen LogP contribution >= 0.6 is 0 Å². The summed E-state index contributed by atoms with van der Waals surface area (Å²) in [5.74, 6) is 0. The lowest BCUT2D eigenvalue weighted by atomic mass is 10.5. The Labute approximate surface area is 60.7 Å². The molecule has 0 atom stereocenters. The van der Waals surface area contributed by atoms with Crippen LogP contribution in [0, 0.1) is 0 Å². The summed E-state index contributed by atoms with van der Waals surface area (Å²) in [7, 11) is 0. The molecule has 0 aliphatic carbocycles. The highest BCUT2D eigenvalue weighted by Crippen LogP contribution is 2.03. The molecule has 2 aromatic rings. The molecule has 2 N–H and O–H groups in total. The number of H-pyrrole nitrogens is 2. The minimum absolute atomic E-state index is 0.338. The Morgan fingerprint density at radius 1 is 1.55 bits per heavy atom. The molecule has 2 heterocycles. The van der Waals surface area contributed by atoms with E-state index in [0.29, 0.717) is 11.0 Å². The van der Waals surface area contributed by atoms with Crippen LogP contribution in [-0.2, 0) is 0 Å². The van der Waals surface area contributed by atoms with Crippen molar-refractivity contribution in [2.45, 2.75) is 0 Å². The molecule has 0 aromatic carbocycles. The van der Waals surface area contributed by atoms with Crippen LogP contribution in [0.3, 0.4) is 0 Å². The number of hydrogen-bond acceptors (Lipinski definition) is 3. The van der Waals surface area contributed by atoms with Gasteiger partial charge in [0.25, 0.3) is 5.56 Å². The van der Waals surface area contributed by atoms with Gasteiger partial charge in [-0.3, -0.25) is 4.79 Å². The zero-order chi connectivity index (χ0) is 7.84. The molecule has 0 amide bonds. The molecular formula is C6H4N3O2-. The fourth-order valence-electron chi connectivity index (χ4n) is 0.933. The predicted octanol–water partition coefficient (Wildman–Crippen LogP) is -0.675. The summed E-state index contributed by atoms with van der Waals surface area (Å²) < 4.78 is 0. The quantitative estimate of drug-likeness (QED) is 0.522. The topological polar surface area (TPSA) is 84.6 Å². The van der Waals surface area contributed by atoms with E-state index in [2.05, 4.69) is 9.97 Å². The lowest BCUT2D eigenvalue weighted by Gasteiger charge is -2.00. The van der Waals surface area contributed by atoms with E-state index >= 15 is 0 Å². The van der Waals surface area contributed by atoms with Gasteiger partial charge in [-0.15, -0.1) is 0 Å². The van der Waals surface area contributed by atoms with Gasteiger partial charge in [0.1, 0.15) is 5.52 Å². The van der Waals surface area contributed by atoms with E-state index < -0.39 is 11.6 Å². The first-order chi connectivity index (χ1) is 5.27. The molecule has 0 saturated heterocycles. The maximum Gasteiger partial charge on any atom is 0.274 e. The summed E-state index contributed by atoms with van der Waals surface area (Å²) in [6.07, 6.45) is 1.56. The molecule has 0 bridgehead atoms. The van der Waals surface area contributed by atoms with E-state index in [-0.39, 0.29) is 0 Å². The van der Waals surface area contributed by atoms with Gasteiger partial charge in [-0.2, -0.15) is 0 Å². The van der Waals surface area contributed by atoms with Crippen LogP contribution in [0.15, 0.2) is 17.1 Å². The van der Waals surface area contributed by atoms with Crippen molar-refractivity contribution in [2.75, 3.05) is 0 Å². The van der Waals surface area contributed by atoms with Gasteiger partial charge in [0.2, 0.25) is 0 Å². The maximum absolute atomic E-state index is 10.9. The van der Waals surface area contributed by atoms with Crippen molar-refractivity contribution in [2.24, 2.45) is 0 Å². The summed E-state index contributed by atoms with van der Waals surface area (Å²) >= 11 is 0. The Balaban J connectivity index is 3.02. The number of nitrogens with one attached hydrogen (secondary N) is 2. The highest BCUT2D eigenvalue weighted by Gasteiger charge is 1.97. The largest absolute Gasteiger partial charge is 0.846 e. The zero-order valence-corrected chi connectivity index (χ0v) is 5.42. The van der Waals surface area contributed by atoms with Crippen LogP contribution in [0.1, 0.15) is 0 Å². The second-order valence-corrected chi connectivity index (χ2v) is 2.11. The van der Waals surface area contributed by atoms with Gasteiger partial charge >= 0.3 is 0 Å². The van der Waals surface area contributed by atoms with Crippen LogP contribution < -0.4 is 10.7 Å². The van der Waals surface area contributed by atoms with E-state index in [1.807, 2.05) is 4.98 Å². The molecule has 2 rings (SSSR count). The first-order valence-corrected chi connectivity index (χ1v) is 3.02. The van der Waals surface area contributed by atoms with Gasteiger partial charge in [0, 0.05) is 6.20 Å². The fraction of sp³-hybridized carbons (Fsp3) is 0.